The van der Waals surface area contributed by atoms with Crippen molar-refractivity contribution in [3.05, 3.63) is 75.0 Å². The van der Waals surface area contributed by atoms with E-state index in [0.717, 1.165) is 22.8 Å². The summed E-state index contributed by atoms with van der Waals surface area (Å²) in [7, 11) is 0. The Morgan fingerprint density at radius 2 is 1.94 bits per heavy atom. The first kappa shape index (κ1) is 23.1. The van der Waals surface area contributed by atoms with Gasteiger partial charge in [0.2, 0.25) is 0 Å². The van der Waals surface area contributed by atoms with Crippen molar-refractivity contribution >= 4 is 29.1 Å². The standard InChI is InChI=1S/C25H29N7O2S/c1-16-3-5-18(12-27-16)13-29-24(33)19-11-20(30-7-9-31(10-8-30)25(26)34)23-28-14-21(32(23)15-19)22-6-4-17(2)35-22/h3-6,11-12,15,21H,7-10,13-14H2,1-2H3,(H2,26,34)(H,29,33). The first-order chi connectivity index (χ1) is 16.9. The Hall–Kier alpha value is -3.66. The molecule has 1 saturated heterocycles. The number of nitrogens with two attached hydrogens (primary N) is 1. The molecule has 2 aromatic rings. The van der Waals surface area contributed by atoms with Gasteiger partial charge in [0, 0.05) is 60.6 Å². The van der Waals surface area contributed by atoms with Gasteiger partial charge in [-0.2, -0.15) is 0 Å². The van der Waals surface area contributed by atoms with Gasteiger partial charge in [0.1, 0.15) is 0 Å². The number of piperazine rings is 1. The van der Waals surface area contributed by atoms with Gasteiger partial charge in [-0.1, -0.05) is 6.07 Å². The average Bonchev–Trinajstić information content (AvgIpc) is 3.48. The molecule has 35 heavy (non-hydrogen) atoms. The van der Waals surface area contributed by atoms with Crippen LogP contribution in [-0.2, 0) is 11.3 Å². The molecule has 0 bridgehead atoms. The molecule has 1 atom stereocenters. The quantitative estimate of drug-likeness (QED) is 0.668. The van der Waals surface area contributed by atoms with E-state index in [9.17, 15) is 9.59 Å². The third-order valence-electron chi connectivity index (χ3n) is 6.50. The smallest absolute Gasteiger partial charge is 0.314 e. The van der Waals surface area contributed by atoms with Crippen LogP contribution in [0.15, 0.2) is 59.0 Å². The first-order valence-corrected chi connectivity index (χ1v) is 12.5. The van der Waals surface area contributed by atoms with Crippen LogP contribution in [0.2, 0.25) is 0 Å². The Morgan fingerprint density at radius 3 is 2.60 bits per heavy atom. The van der Waals surface area contributed by atoms with Crippen LogP contribution in [0.25, 0.3) is 0 Å². The van der Waals surface area contributed by atoms with E-state index in [0.29, 0.717) is 44.8 Å². The number of thiophene rings is 1. The van der Waals surface area contributed by atoms with Crippen LogP contribution in [-0.4, -0.2) is 70.2 Å². The Morgan fingerprint density at radius 1 is 1.14 bits per heavy atom. The zero-order chi connectivity index (χ0) is 24.5. The molecule has 3 aliphatic heterocycles. The van der Waals surface area contributed by atoms with Crippen molar-refractivity contribution in [3.63, 3.8) is 0 Å². The Kier molecular flexibility index (Phi) is 6.29. The van der Waals surface area contributed by atoms with Crippen molar-refractivity contribution in [2.24, 2.45) is 10.7 Å². The highest BCUT2D eigenvalue weighted by atomic mass is 32.1. The second-order valence-corrected chi connectivity index (χ2v) is 10.3. The molecule has 3 amide bonds. The molecule has 0 radical (unpaired) electrons. The largest absolute Gasteiger partial charge is 0.365 e. The van der Waals surface area contributed by atoms with Crippen LogP contribution in [0.1, 0.15) is 27.1 Å². The predicted molar refractivity (Wildman–Crippen MR) is 136 cm³/mol. The normalized spacial score (nSPS) is 19.7. The maximum absolute atomic E-state index is 13.2. The van der Waals surface area contributed by atoms with Gasteiger partial charge in [-0.25, -0.2) is 4.79 Å². The van der Waals surface area contributed by atoms with E-state index in [1.165, 1.54) is 9.75 Å². The minimum Gasteiger partial charge on any atom is -0.365 e. The fraction of sp³-hybridized carbons (Fsp3) is 0.360. The van der Waals surface area contributed by atoms with E-state index in [-0.39, 0.29) is 11.9 Å². The topological polar surface area (TPSA) is 107 Å². The summed E-state index contributed by atoms with van der Waals surface area (Å²) in [4.78, 5) is 42.5. The molecule has 2 aromatic heterocycles. The van der Waals surface area contributed by atoms with Crippen LogP contribution in [0, 0.1) is 13.8 Å². The van der Waals surface area contributed by atoms with Gasteiger partial charge in [-0.05, 0) is 43.7 Å². The molecule has 5 heterocycles. The fourth-order valence-electron chi connectivity index (χ4n) is 4.53. The van der Waals surface area contributed by atoms with E-state index >= 15 is 0 Å². The first-order valence-electron chi connectivity index (χ1n) is 11.7. The predicted octanol–water partition coefficient (Wildman–Crippen LogP) is 2.31. The van der Waals surface area contributed by atoms with E-state index < -0.39 is 6.03 Å². The molecule has 3 N–H and O–H groups in total. The summed E-state index contributed by atoms with van der Waals surface area (Å²) < 4.78 is 0. The fourth-order valence-corrected chi connectivity index (χ4v) is 5.49. The van der Waals surface area contributed by atoms with Gasteiger partial charge in [0.05, 0.1) is 23.9 Å². The summed E-state index contributed by atoms with van der Waals surface area (Å²) in [5, 5.41) is 3.03. The highest BCUT2D eigenvalue weighted by Gasteiger charge is 2.37. The van der Waals surface area contributed by atoms with Gasteiger partial charge in [0.25, 0.3) is 5.91 Å². The molecular formula is C25H29N7O2S. The summed E-state index contributed by atoms with van der Waals surface area (Å²) in [6.07, 6.45) is 5.61. The minimum absolute atomic E-state index is 0.0587. The van der Waals surface area contributed by atoms with Gasteiger partial charge >= 0.3 is 6.03 Å². The summed E-state index contributed by atoms with van der Waals surface area (Å²) in [6.45, 7) is 7.42. The second-order valence-electron chi connectivity index (χ2n) is 8.95. The number of aliphatic imine (C=N–C) groups is 1. The van der Waals surface area contributed by atoms with E-state index in [4.69, 9.17) is 10.7 Å². The number of pyridine rings is 1. The number of nitrogens with one attached hydrogen (secondary N) is 1. The minimum atomic E-state index is -0.402. The van der Waals surface area contributed by atoms with Crippen molar-refractivity contribution in [2.45, 2.75) is 26.4 Å². The number of hydrogen-bond acceptors (Lipinski definition) is 7. The van der Waals surface area contributed by atoms with E-state index in [2.05, 4.69) is 39.2 Å². The lowest BCUT2D eigenvalue weighted by Gasteiger charge is -2.39. The van der Waals surface area contributed by atoms with Crippen molar-refractivity contribution in [1.29, 1.82) is 0 Å². The number of urea groups is 1. The zero-order valence-corrected chi connectivity index (χ0v) is 20.7. The van der Waals surface area contributed by atoms with Crippen LogP contribution >= 0.6 is 11.3 Å². The van der Waals surface area contributed by atoms with Crippen LogP contribution < -0.4 is 11.1 Å². The van der Waals surface area contributed by atoms with Gasteiger partial charge in [0.15, 0.2) is 5.84 Å². The highest BCUT2D eigenvalue weighted by Crippen LogP contribution is 2.36. The molecule has 0 spiro atoms. The Bertz CT molecular complexity index is 1220. The highest BCUT2D eigenvalue weighted by molar-refractivity contribution is 7.12. The Balaban J connectivity index is 1.40. The van der Waals surface area contributed by atoms with Crippen molar-refractivity contribution in [1.82, 2.24) is 25.0 Å². The molecule has 0 aliphatic carbocycles. The van der Waals surface area contributed by atoms with Crippen LogP contribution in [0.4, 0.5) is 4.79 Å². The molecule has 10 heteroatoms. The molecular weight excluding hydrogens is 462 g/mol. The molecule has 9 nitrogen and oxygen atoms in total. The molecule has 5 rings (SSSR count). The molecule has 1 unspecified atom stereocenters. The number of hydrogen-bond donors (Lipinski definition) is 2. The number of fused-ring (bicyclic) bond motifs is 1. The van der Waals surface area contributed by atoms with E-state index in [1.807, 2.05) is 31.3 Å². The van der Waals surface area contributed by atoms with Crippen molar-refractivity contribution < 1.29 is 9.59 Å². The number of amides is 3. The van der Waals surface area contributed by atoms with Crippen molar-refractivity contribution in [2.75, 3.05) is 32.7 Å². The number of rotatable bonds is 5. The van der Waals surface area contributed by atoms with E-state index in [1.54, 1.807) is 22.4 Å². The summed E-state index contributed by atoms with van der Waals surface area (Å²) in [5.74, 6) is 0.721. The number of carbonyl (C=O) groups excluding carboxylic acids is 2. The Labute approximate surface area is 208 Å². The third-order valence-corrected chi connectivity index (χ3v) is 7.61. The van der Waals surface area contributed by atoms with Crippen molar-refractivity contribution in [3.8, 4) is 0 Å². The number of carbonyl (C=O) groups is 2. The number of aromatic nitrogens is 1. The third kappa shape index (κ3) is 4.79. The number of nitrogens with zero attached hydrogens (tertiary/aromatic N) is 5. The number of aryl methyl sites for hydroxylation is 2. The maximum Gasteiger partial charge on any atom is 0.314 e. The average molecular weight is 492 g/mol. The lowest BCUT2D eigenvalue weighted by atomic mass is 10.1. The zero-order valence-electron chi connectivity index (χ0n) is 19.9. The van der Waals surface area contributed by atoms with Gasteiger partial charge < -0.3 is 25.8 Å². The second kappa shape index (κ2) is 9.53. The number of primary amides is 1. The lowest BCUT2D eigenvalue weighted by molar-refractivity contribution is -0.117. The lowest BCUT2D eigenvalue weighted by Crippen LogP contribution is -2.51. The molecule has 1 fully saturated rings. The van der Waals surface area contributed by atoms with Crippen LogP contribution in [0.5, 0.6) is 0 Å². The SMILES string of the molecule is Cc1ccc(CNC(=O)C2=CN3C(=NCC3c3ccc(C)s3)C(N3CCN(C(N)=O)CC3)=C2)cn1. The molecule has 3 aliphatic rings. The summed E-state index contributed by atoms with van der Waals surface area (Å²) >= 11 is 1.76. The maximum atomic E-state index is 13.2. The molecule has 0 saturated carbocycles. The monoisotopic (exact) mass is 491 g/mol. The number of amidine groups is 1. The summed E-state index contributed by atoms with van der Waals surface area (Å²) in [6, 6.07) is 7.83. The van der Waals surface area contributed by atoms with Gasteiger partial charge in [-0.3, -0.25) is 14.8 Å². The molecule has 182 valence electrons. The summed E-state index contributed by atoms with van der Waals surface area (Å²) in [5.41, 5.74) is 8.85. The van der Waals surface area contributed by atoms with Gasteiger partial charge in [-0.15, -0.1) is 11.3 Å². The van der Waals surface area contributed by atoms with Crippen LogP contribution in [0.3, 0.4) is 0 Å². The molecule has 0 aromatic carbocycles.